The number of sulfonamides is 1. The van der Waals surface area contributed by atoms with E-state index < -0.39 is 10.0 Å². The van der Waals surface area contributed by atoms with Gasteiger partial charge in [0.05, 0.1) is 0 Å². The summed E-state index contributed by atoms with van der Waals surface area (Å²) in [5, 5.41) is 3.75. The van der Waals surface area contributed by atoms with E-state index in [1.54, 1.807) is 18.2 Å². The van der Waals surface area contributed by atoms with Crippen molar-refractivity contribution in [1.29, 1.82) is 0 Å². The molecule has 0 N–H and O–H groups in total. The number of aromatic nitrogens is 1. The highest BCUT2D eigenvalue weighted by molar-refractivity contribution is 7.99. The van der Waals surface area contributed by atoms with Gasteiger partial charge < -0.3 is 4.52 Å². The summed E-state index contributed by atoms with van der Waals surface area (Å²) in [6, 6.07) is 0. The van der Waals surface area contributed by atoms with Crippen LogP contribution in [0.1, 0.15) is 18.4 Å². The molecular formula is C13H23N3O3S2. The van der Waals surface area contributed by atoms with E-state index in [2.05, 4.69) is 17.0 Å². The minimum absolute atomic E-state index is 0.234. The van der Waals surface area contributed by atoms with Crippen LogP contribution in [0.4, 0.5) is 0 Å². The number of nitrogens with zero attached hydrogens (tertiary/aromatic N) is 3. The van der Waals surface area contributed by atoms with Gasteiger partial charge in [-0.1, -0.05) is 12.1 Å². The van der Waals surface area contributed by atoms with Crippen LogP contribution >= 0.6 is 11.8 Å². The second kappa shape index (κ2) is 7.13. The molecule has 1 fully saturated rings. The largest absolute Gasteiger partial charge is 0.360 e. The Hall–Kier alpha value is -0.570. The number of thioether (sulfide) groups is 1. The molecule has 8 heteroatoms. The van der Waals surface area contributed by atoms with Crippen LogP contribution in [-0.4, -0.2) is 67.0 Å². The smallest absolute Gasteiger partial charge is 0.248 e. The van der Waals surface area contributed by atoms with Crippen molar-refractivity contribution in [2.75, 3.05) is 44.2 Å². The van der Waals surface area contributed by atoms with Crippen molar-refractivity contribution >= 4 is 21.8 Å². The second-order valence-corrected chi connectivity index (χ2v) is 8.36. The first kappa shape index (κ1) is 16.8. The summed E-state index contributed by atoms with van der Waals surface area (Å²) in [7, 11) is -3.48. The van der Waals surface area contributed by atoms with Crippen LogP contribution in [-0.2, 0) is 10.0 Å². The topological polar surface area (TPSA) is 66.7 Å². The van der Waals surface area contributed by atoms with Crippen molar-refractivity contribution in [3.8, 4) is 0 Å². The lowest BCUT2D eigenvalue weighted by atomic mass is 10.4. The van der Waals surface area contributed by atoms with Crippen molar-refractivity contribution in [3.05, 3.63) is 11.5 Å². The molecule has 0 aliphatic carbocycles. The zero-order valence-corrected chi connectivity index (χ0v) is 14.5. The van der Waals surface area contributed by atoms with Crippen molar-refractivity contribution in [1.82, 2.24) is 14.4 Å². The van der Waals surface area contributed by atoms with Crippen LogP contribution in [0.2, 0.25) is 0 Å². The average molecular weight is 333 g/mol. The molecule has 1 saturated heterocycles. The quantitative estimate of drug-likeness (QED) is 0.732. The molecular weight excluding hydrogens is 310 g/mol. The van der Waals surface area contributed by atoms with Crippen molar-refractivity contribution < 1.29 is 12.9 Å². The molecule has 1 aromatic heterocycles. The normalized spacial score (nSPS) is 18.2. The number of piperazine rings is 1. The van der Waals surface area contributed by atoms with E-state index in [-0.39, 0.29) is 4.90 Å². The fourth-order valence-corrected chi connectivity index (χ4v) is 4.89. The Bertz CT molecular complexity index is 544. The molecule has 6 nitrogen and oxygen atoms in total. The van der Waals surface area contributed by atoms with Gasteiger partial charge >= 0.3 is 0 Å². The monoisotopic (exact) mass is 333 g/mol. The van der Waals surface area contributed by atoms with Crippen LogP contribution < -0.4 is 0 Å². The summed E-state index contributed by atoms with van der Waals surface area (Å²) in [5.74, 6) is 2.60. The predicted molar refractivity (Wildman–Crippen MR) is 84.2 cm³/mol. The van der Waals surface area contributed by atoms with E-state index in [4.69, 9.17) is 4.52 Å². The highest BCUT2D eigenvalue weighted by Crippen LogP contribution is 2.24. The SMILES string of the molecule is CCSCCN1CCN(S(=O)(=O)c2c(C)noc2C)CC1. The first-order valence-corrected chi connectivity index (χ1v) is 9.79. The van der Waals surface area contributed by atoms with Crippen LogP contribution in [0.25, 0.3) is 0 Å². The lowest BCUT2D eigenvalue weighted by molar-refractivity contribution is 0.197. The zero-order chi connectivity index (χ0) is 15.5. The van der Waals surface area contributed by atoms with Gasteiger partial charge in [-0.2, -0.15) is 16.1 Å². The lowest BCUT2D eigenvalue weighted by Crippen LogP contribution is -2.49. The highest BCUT2D eigenvalue weighted by atomic mass is 32.2. The van der Waals surface area contributed by atoms with Gasteiger partial charge in [0, 0.05) is 38.5 Å². The zero-order valence-electron chi connectivity index (χ0n) is 12.8. The minimum Gasteiger partial charge on any atom is -0.360 e. The number of rotatable bonds is 6. The molecule has 2 rings (SSSR count). The van der Waals surface area contributed by atoms with Gasteiger partial charge in [0.1, 0.15) is 10.6 Å². The average Bonchev–Trinajstić information content (AvgIpc) is 2.79. The van der Waals surface area contributed by atoms with E-state index >= 15 is 0 Å². The summed E-state index contributed by atoms with van der Waals surface area (Å²) in [6.45, 7) is 9.12. The maximum Gasteiger partial charge on any atom is 0.248 e. The highest BCUT2D eigenvalue weighted by Gasteiger charge is 2.33. The fraction of sp³-hybridized carbons (Fsp3) is 0.769. The molecule has 0 saturated carbocycles. The van der Waals surface area contributed by atoms with Crippen LogP contribution in [0.5, 0.6) is 0 Å². The summed E-state index contributed by atoms with van der Waals surface area (Å²) in [5.41, 5.74) is 0.439. The first-order valence-electron chi connectivity index (χ1n) is 7.20. The maximum absolute atomic E-state index is 12.7. The van der Waals surface area contributed by atoms with Gasteiger partial charge in [-0.3, -0.25) is 4.90 Å². The third-order valence-electron chi connectivity index (χ3n) is 3.65. The second-order valence-electron chi connectivity index (χ2n) is 5.10. The minimum atomic E-state index is -3.48. The predicted octanol–water partition coefficient (Wildman–Crippen LogP) is 1.35. The van der Waals surface area contributed by atoms with Gasteiger partial charge in [-0.05, 0) is 19.6 Å². The molecule has 0 spiro atoms. The molecule has 0 aromatic carbocycles. The van der Waals surface area contributed by atoms with Crippen molar-refractivity contribution in [3.63, 3.8) is 0 Å². The van der Waals surface area contributed by atoms with Gasteiger partial charge in [-0.15, -0.1) is 0 Å². The Kier molecular flexibility index (Phi) is 5.70. The first-order chi connectivity index (χ1) is 9.96. The molecule has 0 radical (unpaired) electrons. The number of hydrogen-bond donors (Lipinski definition) is 0. The van der Waals surface area contributed by atoms with E-state index in [0.717, 1.165) is 31.1 Å². The molecule has 0 unspecified atom stereocenters. The molecule has 0 atom stereocenters. The molecule has 120 valence electrons. The third-order valence-corrected chi connectivity index (χ3v) is 6.68. The molecule has 0 amide bonds. The van der Waals surface area contributed by atoms with Crippen LogP contribution in [0.15, 0.2) is 9.42 Å². The third kappa shape index (κ3) is 3.80. The Balaban J connectivity index is 1.98. The van der Waals surface area contributed by atoms with E-state index in [0.29, 0.717) is 24.5 Å². The Labute approximate surface area is 130 Å². The molecule has 0 bridgehead atoms. The molecule has 21 heavy (non-hydrogen) atoms. The van der Waals surface area contributed by atoms with Crippen molar-refractivity contribution in [2.24, 2.45) is 0 Å². The van der Waals surface area contributed by atoms with Gasteiger partial charge in [0.25, 0.3) is 0 Å². The standard InChI is InChI=1S/C13H23N3O3S2/c1-4-20-10-9-15-5-7-16(8-6-15)21(17,18)13-11(2)14-19-12(13)3/h4-10H2,1-3H3. The van der Waals surface area contributed by atoms with Crippen molar-refractivity contribution in [2.45, 2.75) is 25.7 Å². The van der Waals surface area contributed by atoms with E-state index in [1.807, 2.05) is 11.8 Å². The van der Waals surface area contributed by atoms with Gasteiger partial charge in [0.2, 0.25) is 10.0 Å². The molecule has 1 aliphatic heterocycles. The Morgan fingerprint density at radius 1 is 1.24 bits per heavy atom. The van der Waals surface area contributed by atoms with Gasteiger partial charge in [0.15, 0.2) is 5.76 Å². The van der Waals surface area contributed by atoms with Crippen LogP contribution in [0, 0.1) is 13.8 Å². The molecule has 1 aliphatic rings. The number of hydrogen-bond acceptors (Lipinski definition) is 6. The molecule has 2 heterocycles. The summed E-state index contributed by atoms with van der Waals surface area (Å²) in [4.78, 5) is 2.56. The summed E-state index contributed by atoms with van der Waals surface area (Å²) in [6.07, 6.45) is 0. The van der Waals surface area contributed by atoms with Gasteiger partial charge in [-0.25, -0.2) is 8.42 Å². The van der Waals surface area contributed by atoms with Crippen LogP contribution in [0.3, 0.4) is 0 Å². The summed E-state index contributed by atoms with van der Waals surface area (Å²) >= 11 is 1.92. The van der Waals surface area contributed by atoms with E-state index in [1.165, 1.54) is 0 Å². The maximum atomic E-state index is 12.7. The number of aryl methyl sites for hydroxylation is 2. The Morgan fingerprint density at radius 3 is 2.43 bits per heavy atom. The Morgan fingerprint density at radius 2 is 1.90 bits per heavy atom. The lowest BCUT2D eigenvalue weighted by Gasteiger charge is -2.33. The summed E-state index contributed by atoms with van der Waals surface area (Å²) < 4.78 is 31.9. The fourth-order valence-electron chi connectivity index (χ4n) is 2.50. The molecule has 1 aromatic rings. The van der Waals surface area contributed by atoms with E-state index in [9.17, 15) is 8.42 Å².